The van der Waals surface area contributed by atoms with Crippen LogP contribution in [0.5, 0.6) is 0 Å². The van der Waals surface area contributed by atoms with Gasteiger partial charge in [0.05, 0.1) is 42.1 Å². The zero-order valence-corrected chi connectivity index (χ0v) is 22.0. The number of amides is 2. The summed E-state index contributed by atoms with van der Waals surface area (Å²) in [6.07, 6.45) is -18.1. The molecule has 2 aromatic rings. The van der Waals surface area contributed by atoms with Crippen molar-refractivity contribution in [1.29, 1.82) is 0 Å². The fraction of sp³-hybridized carbons (Fsp3) is 0.462. The molecule has 1 aliphatic rings. The number of aliphatic hydroxyl groups excluding tert-OH is 1. The van der Waals surface area contributed by atoms with Gasteiger partial charge in [-0.05, 0) is 67.3 Å². The number of anilines is 1. The van der Waals surface area contributed by atoms with Gasteiger partial charge in [-0.2, -0.15) is 39.5 Å². The van der Waals surface area contributed by atoms with Crippen LogP contribution >= 0.6 is 0 Å². The van der Waals surface area contributed by atoms with E-state index < -0.39 is 78.2 Å². The molecule has 0 aliphatic carbocycles. The predicted molar refractivity (Wildman–Crippen MR) is 128 cm³/mol. The number of carbonyl (C=O) groups excluding carboxylic acids is 2. The number of fused-ring (bicyclic) bond motifs is 1. The normalized spacial score (nSPS) is 17.5. The predicted octanol–water partition coefficient (Wildman–Crippen LogP) is 7.17. The molecule has 232 valence electrons. The third-order valence-corrected chi connectivity index (χ3v) is 6.55. The van der Waals surface area contributed by atoms with Crippen molar-refractivity contribution >= 4 is 17.9 Å². The van der Waals surface area contributed by atoms with Crippen LogP contribution in [0, 0.1) is 0 Å². The molecule has 2 aromatic carbocycles. The molecule has 1 N–H and O–H groups in total. The monoisotopic (exact) mass is 616 g/mol. The number of rotatable bonds is 6. The lowest BCUT2D eigenvalue weighted by Gasteiger charge is -2.43. The molecular formula is C26H25F9N2O5. The molecule has 2 unspecified atom stereocenters. The Morgan fingerprint density at radius 2 is 1.50 bits per heavy atom. The Balaban J connectivity index is 2.24. The first-order valence-electron chi connectivity index (χ1n) is 12.3. The molecule has 42 heavy (non-hydrogen) atoms. The summed E-state index contributed by atoms with van der Waals surface area (Å²) in [5, 5.41) is 9.63. The Labute approximate surface area is 233 Å². The number of carbonyl (C=O) groups is 2. The molecule has 0 saturated carbocycles. The molecule has 0 fully saturated rings. The summed E-state index contributed by atoms with van der Waals surface area (Å²) in [5.41, 5.74) is -5.61. The highest BCUT2D eigenvalue weighted by molar-refractivity contribution is 5.90. The van der Waals surface area contributed by atoms with Crippen LogP contribution in [0.25, 0.3) is 0 Å². The van der Waals surface area contributed by atoms with E-state index in [2.05, 4.69) is 0 Å². The molecular weight excluding hydrogens is 591 g/mol. The van der Waals surface area contributed by atoms with Gasteiger partial charge < -0.3 is 14.6 Å². The van der Waals surface area contributed by atoms with Crippen LogP contribution in [0.1, 0.15) is 53.6 Å². The summed E-state index contributed by atoms with van der Waals surface area (Å²) in [6.45, 7) is -0.107. The van der Waals surface area contributed by atoms with Crippen LogP contribution in [0.15, 0.2) is 36.4 Å². The minimum atomic E-state index is -5.20. The highest BCUT2D eigenvalue weighted by Gasteiger charge is 2.43. The van der Waals surface area contributed by atoms with Gasteiger partial charge in [0.2, 0.25) is 0 Å². The standard InChI is InChI=1S/C26H25F9N2O5/c1-3-42-23(40)37-18(6-7-38)12-21(19-11-15(24(27,28)29)4-5-20(19)37)36(22(39)41-2)13-14-8-16(25(30,31)32)10-17(9-14)26(33,34)35/h4-5,8-11,18,21,38H,3,6-7,12-13H2,1-2H3. The third-order valence-electron chi connectivity index (χ3n) is 6.55. The number of benzene rings is 2. The van der Waals surface area contributed by atoms with E-state index in [0.717, 1.165) is 18.1 Å². The lowest BCUT2D eigenvalue weighted by atomic mass is 9.87. The van der Waals surface area contributed by atoms with E-state index >= 15 is 0 Å². The van der Waals surface area contributed by atoms with Gasteiger partial charge in [-0.3, -0.25) is 9.80 Å². The number of ether oxygens (including phenoxy) is 2. The van der Waals surface area contributed by atoms with E-state index in [1.54, 1.807) is 0 Å². The molecule has 0 saturated heterocycles. The SMILES string of the molecule is CCOC(=O)N1c2ccc(C(F)(F)F)cc2C(N(Cc2cc(C(F)(F)F)cc(C(F)(F)F)c2)C(=O)OC)CC1CCO. The van der Waals surface area contributed by atoms with Crippen LogP contribution in [-0.2, 0) is 34.5 Å². The summed E-state index contributed by atoms with van der Waals surface area (Å²) < 4.78 is 132. The maximum Gasteiger partial charge on any atom is 0.416 e. The van der Waals surface area contributed by atoms with Crippen molar-refractivity contribution in [3.8, 4) is 0 Å². The molecule has 1 heterocycles. The van der Waals surface area contributed by atoms with Crippen LogP contribution in [0.3, 0.4) is 0 Å². The van der Waals surface area contributed by atoms with Crippen LogP contribution in [0.2, 0.25) is 0 Å². The maximum absolute atomic E-state index is 13.7. The number of aliphatic hydroxyl groups is 1. The Hall–Kier alpha value is -3.69. The minimum absolute atomic E-state index is 0.105. The van der Waals surface area contributed by atoms with Crippen LogP contribution < -0.4 is 4.90 Å². The van der Waals surface area contributed by atoms with Gasteiger partial charge >= 0.3 is 30.7 Å². The van der Waals surface area contributed by atoms with E-state index in [1.165, 1.54) is 6.92 Å². The summed E-state index contributed by atoms with van der Waals surface area (Å²) in [7, 11) is 0.870. The minimum Gasteiger partial charge on any atom is -0.453 e. The molecule has 2 amide bonds. The zero-order valence-electron chi connectivity index (χ0n) is 22.0. The van der Waals surface area contributed by atoms with Gasteiger partial charge in [-0.1, -0.05) is 0 Å². The second-order valence-electron chi connectivity index (χ2n) is 9.27. The second-order valence-corrected chi connectivity index (χ2v) is 9.27. The van der Waals surface area contributed by atoms with Crippen molar-refractivity contribution in [2.45, 2.75) is 56.9 Å². The second kappa shape index (κ2) is 12.3. The average Bonchev–Trinajstić information content (AvgIpc) is 2.89. The number of hydrogen-bond donors (Lipinski definition) is 1. The van der Waals surface area contributed by atoms with E-state index in [4.69, 9.17) is 9.47 Å². The van der Waals surface area contributed by atoms with E-state index in [9.17, 15) is 54.2 Å². The largest absolute Gasteiger partial charge is 0.453 e. The highest BCUT2D eigenvalue weighted by atomic mass is 19.4. The van der Waals surface area contributed by atoms with Gasteiger partial charge in [0.1, 0.15) is 0 Å². The summed E-state index contributed by atoms with van der Waals surface area (Å²) >= 11 is 0. The van der Waals surface area contributed by atoms with E-state index in [-0.39, 0.29) is 36.8 Å². The first kappa shape index (κ1) is 32.8. The molecule has 0 aromatic heterocycles. The van der Waals surface area contributed by atoms with Crippen molar-refractivity contribution < 1.29 is 63.7 Å². The third kappa shape index (κ3) is 7.20. The van der Waals surface area contributed by atoms with Crippen molar-refractivity contribution in [1.82, 2.24) is 4.90 Å². The van der Waals surface area contributed by atoms with E-state index in [0.29, 0.717) is 29.2 Å². The topological polar surface area (TPSA) is 79.3 Å². The Morgan fingerprint density at radius 3 is 1.98 bits per heavy atom. The van der Waals surface area contributed by atoms with Crippen molar-refractivity contribution in [2.24, 2.45) is 0 Å². The van der Waals surface area contributed by atoms with Crippen molar-refractivity contribution in [3.63, 3.8) is 0 Å². The van der Waals surface area contributed by atoms with Gasteiger partial charge in [0, 0.05) is 19.2 Å². The Kier molecular flexibility index (Phi) is 9.59. The summed E-state index contributed by atoms with van der Waals surface area (Å²) in [6, 6.07) is 0.454. The molecule has 2 atom stereocenters. The molecule has 1 aliphatic heterocycles. The number of alkyl halides is 9. The zero-order chi connectivity index (χ0) is 31.6. The smallest absolute Gasteiger partial charge is 0.416 e. The number of methoxy groups -OCH3 is 1. The first-order chi connectivity index (χ1) is 19.4. The number of nitrogens with zero attached hydrogens (tertiary/aromatic N) is 2. The summed E-state index contributed by atoms with van der Waals surface area (Å²) in [4.78, 5) is 27.4. The molecule has 3 rings (SSSR count). The van der Waals surface area contributed by atoms with Crippen molar-refractivity contribution in [2.75, 3.05) is 25.2 Å². The maximum atomic E-state index is 13.7. The number of hydrogen-bond acceptors (Lipinski definition) is 5. The highest BCUT2D eigenvalue weighted by Crippen LogP contribution is 2.45. The first-order valence-corrected chi connectivity index (χ1v) is 12.3. The fourth-order valence-electron chi connectivity index (χ4n) is 4.76. The van der Waals surface area contributed by atoms with Gasteiger partial charge in [0.15, 0.2) is 0 Å². The van der Waals surface area contributed by atoms with Gasteiger partial charge in [-0.15, -0.1) is 0 Å². The summed E-state index contributed by atoms with van der Waals surface area (Å²) in [5.74, 6) is 0. The fourth-order valence-corrected chi connectivity index (χ4v) is 4.76. The van der Waals surface area contributed by atoms with Crippen molar-refractivity contribution in [3.05, 3.63) is 64.2 Å². The average molecular weight is 616 g/mol. The van der Waals surface area contributed by atoms with Gasteiger partial charge in [-0.25, -0.2) is 9.59 Å². The lowest BCUT2D eigenvalue weighted by Crippen LogP contribution is -2.49. The Bertz CT molecular complexity index is 1260. The molecule has 0 radical (unpaired) electrons. The van der Waals surface area contributed by atoms with Crippen LogP contribution in [-0.4, -0.2) is 48.6 Å². The molecule has 0 bridgehead atoms. The van der Waals surface area contributed by atoms with Gasteiger partial charge in [0.25, 0.3) is 0 Å². The van der Waals surface area contributed by atoms with E-state index in [1.807, 2.05) is 0 Å². The molecule has 16 heteroatoms. The quantitative estimate of drug-likeness (QED) is 0.348. The van der Waals surface area contributed by atoms with Crippen LogP contribution in [0.4, 0.5) is 54.8 Å². The lowest BCUT2D eigenvalue weighted by molar-refractivity contribution is -0.143. The number of halogens is 9. The molecule has 0 spiro atoms. The molecule has 7 nitrogen and oxygen atoms in total. The Morgan fingerprint density at radius 1 is 0.929 bits per heavy atom.